The molecular weight excluding hydrogens is 260 g/mol. The lowest BCUT2D eigenvalue weighted by Gasteiger charge is -2.40. The summed E-state index contributed by atoms with van der Waals surface area (Å²) in [4.78, 5) is 13.9. The summed E-state index contributed by atoms with van der Waals surface area (Å²) in [5.74, 6) is 1.04. The number of benzene rings is 1. The summed E-state index contributed by atoms with van der Waals surface area (Å²) in [6.07, 6.45) is 8.11. The van der Waals surface area contributed by atoms with Gasteiger partial charge in [0, 0.05) is 11.6 Å². The molecule has 1 aromatic carbocycles. The smallest absolute Gasteiger partial charge is 0.279 e. The molecule has 1 saturated carbocycles. The Bertz CT molecular complexity index is 498. The molecule has 1 aromatic rings. The molecule has 0 bridgehead atoms. The minimum atomic E-state index is 0.168. The molecule has 2 fully saturated rings. The van der Waals surface area contributed by atoms with Crippen molar-refractivity contribution in [3.05, 3.63) is 29.8 Å². The molecule has 1 amide bonds. The number of likely N-dealkylation sites (tertiary alicyclic amines) is 1. The number of hydrogen-bond donors (Lipinski definition) is 2. The molecule has 1 unspecified atom stereocenters. The van der Waals surface area contributed by atoms with Crippen molar-refractivity contribution in [3.63, 3.8) is 0 Å². The largest absolute Gasteiger partial charge is 0.324 e. The van der Waals surface area contributed by atoms with Crippen molar-refractivity contribution in [2.75, 3.05) is 18.4 Å². The number of hydrogen-bond acceptors (Lipinski definition) is 1. The summed E-state index contributed by atoms with van der Waals surface area (Å²) < 4.78 is 0. The van der Waals surface area contributed by atoms with Crippen LogP contribution in [0.15, 0.2) is 24.3 Å². The van der Waals surface area contributed by atoms with Crippen LogP contribution in [0.2, 0.25) is 0 Å². The Morgan fingerprint density at radius 1 is 1.24 bits per heavy atom. The van der Waals surface area contributed by atoms with Crippen LogP contribution in [0.25, 0.3) is 0 Å². The molecule has 3 atom stereocenters. The van der Waals surface area contributed by atoms with Gasteiger partial charge in [0.15, 0.2) is 6.54 Å². The highest BCUT2D eigenvalue weighted by Gasteiger charge is 2.37. The van der Waals surface area contributed by atoms with E-state index in [1.165, 1.54) is 55.5 Å². The summed E-state index contributed by atoms with van der Waals surface area (Å²) in [6, 6.07) is 8.79. The highest BCUT2D eigenvalue weighted by atomic mass is 16.2. The van der Waals surface area contributed by atoms with Crippen molar-refractivity contribution in [2.45, 2.75) is 51.5 Å². The van der Waals surface area contributed by atoms with E-state index in [0.717, 1.165) is 17.6 Å². The van der Waals surface area contributed by atoms with E-state index in [1.54, 1.807) is 0 Å². The molecule has 1 heterocycles. The lowest BCUT2D eigenvalue weighted by molar-refractivity contribution is -0.928. The molecule has 1 aliphatic carbocycles. The molecule has 0 aromatic heterocycles. The topological polar surface area (TPSA) is 33.5 Å². The first-order valence-electron chi connectivity index (χ1n) is 8.43. The summed E-state index contributed by atoms with van der Waals surface area (Å²) in [5, 5.41) is 3.07. The standard InChI is InChI=1S/C18H26N2O/c1-14-6-4-9-16(12-14)19-18(21)13-20-11-5-8-15-7-2-3-10-17(15)20/h4,6,9,12,15,17H,2-3,5,7-8,10-11,13H2,1H3,(H,19,21)/p+1/t15-,17-/m0/s1. The predicted octanol–water partition coefficient (Wildman–Crippen LogP) is 2.17. The average molecular weight is 287 g/mol. The van der Waals surface area contributed by atoms with Gasteiger partial charge in [-0.2, -0.15) is 0 Å². The van der Waals surface area contributed by atoms with Gasteiger partial charge in [0.2, 0.25) is 0 Å². The number of anilines is 1. The fourth-order valence-corrected chi connectivity index (χ4v) is 4.22. The highest BCUT2D eigenvalue weighted by molar-refractivity contribution is 5.91. The number of fused-ring (bicyclic) bond motifs is 1. The number of amides is 1. The zero-order valence-corrected chi connectivity index (χ0v) is 13.0. The Balaban J connectivity index is 1.58. The highest BCUT2D eigenvalue weighted by Crippen LogP contribution is 2.28. The first-order chi connectivity index (χ1) is 10.2. The fourth-order valence-electron chi connectivity index (χ4n) is 4.22. The van der Waals surface area contributed by atoms with Crippen molar-refractivity contribution in [3.8, 4) is 0 Å². The van der Waals surface area contributed by atoms with Crippen LogP contribution in [0.1, 0.15) is 44.1 Å². The molecule has 1 saturated heterocycles. The van der Waals surface area contributed by atoms with Crippen molar-refractivity contribution < 1.29 is 9.69 Å². The number of carbonyl (C=O) groups is 1. The molecule has 114 valence electrons. The fraction of sp³-hybridized carbons (Fsp3) is 0.611. The normalized spacial score (nSPS) is 28.7. The van der Waals surface area contributed by atoms with E-state index < -0.39 is 0 Å². The van der Waals surface area contributed by atoms with Gasteiger partial charge in [-0.3, -0.25) is 4.79 Å². The Morgan fingerprint density at radius 2 is 2.05 bits per heavy atom. The molecule has 3 nitrogen and oxygen atoms in total. The molecule has 1 aliphatic heterocycles. The Hall–Kier alpha value is -1.35. The number of piperidine rings is 1. The average Bonchev–Trinajstić information content (AvgIpc) is 2.47. The predicted molar refractivity (Wildman–Crippen MR) is 85.5 cm³/mol. The van der Waals surface area contributed by atoms with E-state index in [4.69, 9.17) is 0 Å². The number of aryl methyl sites for hydroxylation is 1. The molecule has 2 aliphatic rings. The van der Waals surface area contributed by atoms with Gasteiger partial charge in [0.25, 0.3) is 5.91 Å². The SMILES string of the molecule is Cc1cccc(NC(=O)C[NH+]2CCC[C@@H]3CCCC[C@@H]32)c1. The molecule has 0 radical (unpaired) electrons. The molecule has 0 spiro atoms. The Labute approximate surface area is 127 Å². The van der Waals surface area contributed by atoms with Crippen LogP contribution in [0.5, 0.6) is 0 Å². The molecular formula is C18H27N2O+. The van der Waals surface area contributed by atoms with E-state index >= 15 is 0 Å². The van der Waals surface area contributed by atoms with Crippen molar-refractivity contribution in [2.24, 2.45) is 5.92 Å². The minimum absolute atomic E-state index is 0.168. The Morgan fingerprint density at radius 3 is 2.90 bits per heavy atom. The minimum Gasteiger partial charge on any atom is -0.324 e. The van der Waals surface area contributed by atoms with E-state index in [0.29, 0.717) is 6.54 Å². The number of nitrogens with one attached hydrogen (secondary N) is 2. The Kier molecular flexibility index (Phi) is 4.59. The summed E-state index contributed by atoms with van der Waals surface area (Å²) in [6.45, 7) is 3.86. The lowest BCUT2D eigenvalue weighted by atomic mass is 9.78. The van der Waals surface area contributed by atoms with Gasteiger partial charge in [0.05, 0.1) is 12.6 Å². The summed E-state index contributed by atoms with van der Waals surface area (Å²) in [5.41, 5.74) is 2.11. The second kappa shape index (κ2) is 6.61. The summed E-state index contributed by atoms with van der Waals surface area (Å²) >= 11 is 0. The third-order valence-electron chi connectivity index (χ3n) is 5.20. The van der Waals surface area contributed by atoms with Crippen molar-refractivity contribution in [1.29, 1.82) is 0 Å². The second-order valence-electron chi connectivity index (χ2n) is 6.80. The van der Waals surface area contributed by atoms with Crippen LogP contribution >= 0.6 is 0 Å². The van der Waals surface area contributed by atoms with Gasteiger partial charge in [-0.25, -0.2) is 0 Å². The van der Waals surface area contributed by atoms with Crippen molar-refractivity contribution in [1.82, 2.24) is 0 Å². The third kappa shape index (κ3) is 3.65. The van der Waals surface area contributed by atoms with Gasteiger partial charge in [-0.15, -0.1) is 0 Å². The zero-order chi connectivity index (χ0) is 14.7. The quantitative estimate of drug-likeness (QED) is 0.878. The third-order valence-corrected chi connectivity index (χ3v) is 5.20. The summed E-state index contributed by atoms with van der Waals surface area (Å²) in [7, 11) is 0. The van der Waals surface area contributed by atoms with Gasteiger partial charge >= 0.3 is 0 Å². The van der Waals surface area contributed by atoms with Crippen LogP contribution in [0, 0.1) is 12.8 Å². The molecule has 3 rings (SSSR count). The number of carbonyl (C=O) groups excluding carboxylic acids is 1. The maximum Gasteiger partial charge on any atom is 0.279 e. The first kappa shape index (κ1) is 14.6. The lowest BCUT2D eigenvalue weighted by Crippen LogP contribution is -3.18. The molecule has 21 heavy (non-hydrogen) atoms. The van der Waals surface area contributed by atoms with E-state index in [-0.39, 0.29) is 5.91 Å². The van der Waals surface area contributed by atoms with Gasteiger partial charge in [-0.05, 0) is 56.7 Å². The van der Waals surface area contributed by atoms with Gasteiger partial charge in [0.1, 0.15) is 0 Å². The maximum atomic E-state index is 12.3. The maximum absolute atomic E-state index is 12.3. The van der Waals surface area contributed by atoms with Crippen LogP contribution in [0.3, 0.4) is 0 Å². The van der Waals surface area contributed by atoms with Crippen LogP contribution in [0.4, 0.5) is 5.69 Å². The van der Waals surface area contributed by atoms with Gasteiger partial charge < -0.3 is 10.2 Å². The van der Waals surface area contributed by atoms with Crippen LogP contribution in [-0.2, 0) is 4.79 Å². The van der Waals surface area contributed by atoms with E-state index in [1.807, 2.05) is 18.2 Å². The first-order valence-corrected chi connectivity index (χ1v) is 8.43. The van der Waals surface area contributed by atoms with E-state index in [2.05, 4.69) is 18.3 Å². The monoisotopic (exact) mass is 287 g/mol. The number of quaternary nitrogens is 1. The van der Waals surface area contributed by atoms with E-state index in [9.17, 15) is 4.79 Å². The zero-order valence-electron chi connectivity index (χ0n) is 13.0. The van der Waals surface area contributed by atoms with Crippen LogP contribution < -0.4 is 10.2 Å². The van der Waals surface area contributed by atoms with Crippen molar-refractivity contribution >= 4 is 11.6 Å². The number of rotatable bonds is 3. The molecule has 2 N–H and O–H groups in total. The molecule has 3 heteroatoms. The van der Waals surface area contributed by atoms with Gasteiger partial charge in [-0.1, -0.05) is 18.6 Å². The second-order valence-corrected chi connectivity index (χ2v) is 6.80. The van der Waals surface area contributed by atoms with Crippen LogP contribution in [-0.4, -0.2) is 25.0 Å².